The minimum absolute atomic E-state index is 0.0868. The fourth-order valence-corrected chi connectivity index (χ4v) is 1.91. The molecule has 1 heterocycles. The normalized spacial score (nSPS) is 11.5. The Morgan fingerprint density at radius 2 is 1.91 bits per heavy atom. The van der Waals surface area contributed by atoms with Gasteiger partial charge in [0.2, 0.25) is 5.82 Å². The summed E-state index contributed by atoms with van der Waals surface area (Å²) in [5.74, 6) is -1.43. The van der Waals surface area contributed by atoms with Crippen LogP contribution in [0.5, 0.6) is 0 Å². The highest BCUT2D eigenvalue weighted by Gasteiger charge is 2.38. The van der Waals surface area contributed by atoms with Crippen LogP contribution in [-0.2, 0) is 12.7 Å². The molecular formula is C14H14F3N3OS. The fourth-order valence-electron chi connectivity index (χ4n) is 1.85. The summed E-state index contributed by atoms with van der Waals surface area (Å²) in [7, 11) is 1.90. The molecule has 0 amide bonds. The van der Waals surface area contributed by atoms with Crippen LogP contribution in [-0.4, -0.2) is 27.1 Å². The third-order valence-electron chi connectivity index (χ3n) is 3.03. The van der Waals surface area contributed by atoms with E-state index >= 15 is 0 Å². The molecule has 0 aliphatic rings. The van der Waals surface area contributed by atoms with E-state index in [1.54, 1.807) is 24.3 Å². The van der Waals surface area contributed by atoms with E-state index < -0.39 is 12.1 Å². The van der Waals surface area contributed by atoms with Gasteiger partial charge in [-0.2, -0.15) is 18.2 Å². The van der Waals surface area contributed by atoms with E-state index in [2.05, 4.69) is 14.7 Å². The SMILES string of the molecule is CCC(=S)N(C)Cc1ccc(-c2noc(C(F)(F)F)n2)cc1. The number of thiocarbonyl (C=S) groups is 1. The Morgan fingerprint density at radius 3 is 2.41 bits per heavy atom. The van der Waals surface area contributed by atoms with E-state index in [1.165, 1.54) is 0 Å². The molecular weight excluding hydrogens is 315 g/mol. The van der Waals surface area contributed by atoms with Gasteiger partial charge in [-0.05, 0) is 12.0 Å². The van der Waals surface area contributed by atoms with Crippen molar-refractivity contribution in [2.24, 2.45) is 0 Å². The van der Waals surface area contributed by atoms with Crippen LogP contribution in [0.15, 0.2) is 28.8 Å². The van der Waals surface area contributed by atoms with Gasteiger partial charge in [0.05, 0.1) is 4.99 Å². The van der Waals surface area contributed by atoms with Crippen molar-refractivity contribution in [1.29, 1.82) is 0 Å². The molecule has 118 valence electrons. The highest BCUT2D eigenvalue weighted by Crippen LogP contribution is 2.29. The van der Waals surface area contributed by atoms with Crippen molar-refractivity contribution in [3.8, 4) is 11.4 Å². The molecule has 0 bridgehead atoms. The molecule has 0 fully saturated rings. The zero-order chi connectivity index (χ0) is 16.3. The molecule has 4 nitrogen and oxygen atoms in total. The van der Waals surface area contributed by atoms with Gasteiger partial charge in [0.25, 0.3) is 0 Å². The first-order valence-electron chi connectivity index (χ1n) is 6.55. The van der Waals surface area contributed by atoms with Crippen LogP contribution >= 0.6 is 12.2 Å². The van der Waals surface area contributed by atoms with Crippen molar-refractivity contribution >= 4 is 17.2 Å². The molecule has 0 radical (unpaired) electrons. The van der Waals surface area contributed by atoms with Crippen LogP contribution in [0.2, 0.25) is 0 Å². The Balaban J connectivity index is 2.12. The smallest absolute Gasteiger partial charge is 0.365 e. The lowest BCUT2D eigenvalue weighted by Gasteiger charge is -2.19. The van der Waals surface area contributed by atoms with Gasteiger partial charge in [-0.25, -0.2) is 0 Å². The number of aromatic nitrogens is 2. The Kier molecular flexibility index (Phi) is 4.80. The Bertz CT molecular complexity index is 652. The molecule has 2 rings (SSSR count). The molecule has 0 aliphatic heterocycles. The minimum atomic E-state index is -4.64. The molecule has 0 saturated carbocycles. The van der Waals surface area contributed by atoms with Gasteiger partial charge in [-0.1, -0.05) is 48.6 Å². The average molecular weight is 329 g/mol. The molecule has 22 heavy (non-hydrogen) atoms. The van der Waals surface area contributed by atoms with Crippen molar-refractivity contribution in [3.63, 3.8) is 0 Å². The first-order chi connectivity index (χ1) is 10.3. The summed E-state index contributed by atoms with van der Waals surface area (Å²) in [4.78, 5) is 6.14. The molecule has 0 atom stereocenters. The van der Waals surface area contributed by atoms with E-state index in [9.17, 15) is 13.2 Å². The summed E-state index contributed by atoms with van der Waals surface area (Å²) in [5, 5.41) is 3.35. The molecule has 8 heteroatoms. The third-order valence-corrected chi connectivity index (χ3v) is 3.63. The predicted molar refractivity (Wildman–Crippen MR) is 79.1 cm³/mol. The largest absolute Gasteiger partial charge is 0.471 e. The minimum Gasteiger partial charge on any atom is -0.365 e. The lowest BCUT2D eigenvalue weighted by atomic mass is 10.1. The standard InChI is InChI=1S/C14H14F3N3OS/c1-3-11(22)20(2)8-9-4-6-10(7-5-9)12-18-13(21-19-12)14(15,16)17/h4-7H,3,8H2,1-2H3. The molecule has 0 unspecified atom stereocenters. The zero-order valence-electron chi connectivity index (χ0n) is 12.0. The van der Waals surface area contributed by atoms with E-state index in [1.807, 2.05) is 18.9 Å². The number of hydrogen-bond acceptors (Lipinski definition) is 4. The average Bonchev–Trinajstić information content (AvgIpc) is 2.97. The van der Waals surface area contributed by atoms with Crippen LogP contribution in [0.4, 0.5) is 13.2 Å². The molecule has 1 aromatic carbocycles. The summed E-state index contributed by atoms with van der Waals surface area (Å²) in [6, 6.07) is 6.91. The predicted octanol–water partition coefficient (Wildman–Crippen LogP) is 3.92. The lowest BCUT2D eigenvalue weighted by molar-refractivity contribution is -0.159. The fraction of sp³-hybridized carbons (Fsp3) is 0.357. The van der Waals surface area contributed by atoms with Crippen molar-refractivity contribution in [2.75, 3.05) is 7.05 Å². The highest BCUT2D eigenvalue weighted by molar-refractivity contribution is 7.80. The molecule has 0 N–H and O–H groups in total. The van der Waals surface area contributed by atoms with Gasteiger partial charge < -0.3 is 9.42 Å². The van der Waals surface area contributed by atoms with Crippen LogP contribution < -0.4 is 0 Å². The number of alkyl halides is 3. The molecule has 0 saturated heterocycles. The zero-order valence-corrected chi connectivity index (χ0v) is 12.8. The van der Waals surface area contributed by atoms with E-state index in [0.717, 1.165) is 17.0 Å². The van der Waals surface area contributed by atoms with Crippen molar-refractivity contribution < 1.29 is 17.7 Å². The second kappa shape index (κ2) is 6.43. The monoisotopic (exact) mass is 329 g/mol. The first-order valence-corrected chi connectivity index (χ1v) is 6.96. The van der Waals surface area contributed by atoms with Gasteiger partial charge in [-0.15, -0.1) is 0 Å². The van der Waals surface area contributed by atoms with Crippen LogP contribution in [0.3, 0.4) is 0 Å². The number of hydrogen-bond donors (Lipinski definition) is 0. The third kappa shape index (κ3) is 3.82. The number of benzene rings is 1. The summed E-state index contributed by atoms with van der Waals surface area (Å²) in [6.45, 7) is 2.61. The second-order valence-corrected chi connectivity index (χ2v) is 5.19. The summed E-state index contributed by atoms with van der Waals surface area (Å²) in [5.41, 5.74) is 1.45. The topological polar surface area (TPSA) is 42.2 Å². The van der Waals surface area contributed by atoms with Crippen LogP contribution in [0.25, 0.3) is 11.4 Å². The first kappa shape index (κ1) is 16.4. The number of rotatable bonds is 4. The van der Waals surface area contributed by atoms with Gasteiger partial charge >= 0.3 is 12.1 Å². The Labute approximate surface area is 130 Å². The van der Waals surface area contributed by atoms with Gasteiger partial charge in [0, 0.05) is 19.2 Å². The van der Waals surface area contributed by atoms with Crippen molar-refractivity contribution in [2.45, 2.75) is 26.1 Å². The highest BCUT2D eigenvalue weighted by atomic mass is 32.1. The molecule has 0 aliphatic carbocycles. The van der Waals surface area contributed by atoms with E-state index in [0.29, 0.717) is 12.1 Å². The van der Waals surface area contributed by atoms with Gasteiger partial charge in [-0.3, -0.25) is 0 Å². The maximum Gasteiger partial charge on any atom is 0.471 e. The lowest BCUT2D eigenvalue weighted by Crippen LogP contribution is -2.23. The molecule has 0 spiro atoms. The molecule has 2 aromatic rings. The van der Waals surface area contributed by atoms with Crippen LogP contribution in [0, 0.1) is 0 Å². The summed E-state index contributed by atoms with van der Waals surface area (Å²) >= 11 is 5.20. The summed E-state index contributed by atoms with van der Waals surface area (Å²) < 4.78 is 41.5. The van der Waals surface area contributed by atoms with Crippen molar-refractivity contribution in [1.82, 2.24) is 15.0 Å². The summed E-state index contributed by atoms with van der Waals surface area (Å²) in [6.07, 6.45) is -3.85. The Morgan fingerprint density at radius 1 is 1.27 bits per heavy atom. The maximum absolute atomic E-state index is 12.4. The van der Waals surface area contributed by atoms with Crippen molar-refractivity contribution in [3.05, 3.63) is 35.7 Å². The molecule has 1 aromatic heterocycles. The quantitative estimate of drug-likeness (QED) is 0.795. The van der Waals surface area contributed by atoms with Crippen LogP contribution in [0.1, 0.15) is 24.8 Å². The number of nitrogens with zero attached hydrogens (tertiary/aromatic N) is 3. The maximum atomic E-state index is 12.4. The van der Waals surface area contributed by atoms with Gasteiger partial charge in [0.1, 0.15) is 0 Å². The Hall–Kier alpha value is -1.96. The van der Waals surface area contributed by atoms with E-state index in [-0.39, 0.29) is 5.82 Å². The second-order valence-electron chi connectivity index (χ2n) is 4.72. The van der Waals surface area contributed by atoms with E-state index in [4.69, 9.17) is 12.2 Å². The number of halogens is 3. The van der Waals surface area contributed by atoms with Gasteiger partial charge in [0.15, 0.2) is 0 Å².